The van der Waals surface area contributed by atoms with E-state index in [4.69, 9.17) is 4.74 Å². The van der Waals surface area contributed by atoms with Crippen molar-refractivity contribution >= 4 is 0 Å². The molecule has 0 amide bonds. The zero-order valence-corrected chi connectivity index (χ0v) is 20.5. The monoisotopic (exact) mass is 505 g/mol. The number of nitrogens with zero attached hydrogens (tertiary/aromatic N) is 2. The second-order valence-electron chi connectivity index (χ2n) is 10.4. The van der Waals surface area contributed by atoms with Gasteiger partial charge in [-0.25, -0.2) is 9.59 Å². The van der Waals surface area contributed by atoms with Crippen molar-refractivity contribution in [3.05, 3.63) is 82.6 Å². The molecule has 10 heteroatoms. The Balaban J connectivity index is 1.62. The van der Waals surface area contributed by atoms with Gasteiger partial charge in [-0.1, -0.05) is 56.7 Å². The van der Waals surface area contributed by atoms with Crippen LogP contribution in [0.3, 0.4) is 0 Å². The lowest BCUT2D eigenvalue weighted by Crippen LogP contribution is -2.44. The molecule has 37 heavy (non-hydrogen) atoms. The van der Waals surface area contributed by atoms with Crippen molar-refractivity contribution in [2.24, 2.45) is 0 Å². The van der Waals surface area contributed by atoms with Crippen LogP contribution in [-0.4, -0.2) is 19.1 Å². The highest BCUT2D eigenvalue weighted by molar-refractivity contribution is 5.56. The van der Waals surface area contributed by atoms with E-state index >= 15 is 0 Å². The number of aromatic amines is 2. The van der Waals surface area contributed by atoms with Gasteiger partial charge in [0.15, 0.2) is 0 Å². The standard InChI is InChI=1S/C27H30N4O6/c32-22-20(24(33)30(26(35)28-22)15-9-3-1-4-10-15)19-17-13-7-8-14-18(17)37-23-21(19)25(34)31(27(36)29-23)16-11-5-2-6-12-16/h7-8,13-16,19,33H,1-6,9-12H2,(H,29,36)(H,28,32,35)/p-1. The van der Waals surface area contributed by atoms with Crippen LogP contribution in [0.5, 0.6) is 17.5 Å². The van der Waals surface area contributed by atoms with E-state index in [9.17, 15) is 24.3 Å². The topological polar surface area (TPSA) is 142 Å². The van der Waals surface area contributed by atoms with Crippen LogP contribution in [0.15, 0.2) is 43.4 Å². The third-order valence-electron chi connectivity index (χ3n) is 8.17. The molecule has 2 fully saturated rings. The zero-order valence-electron chi connectivity index (χ0n) is 20.5. The maximum absolute atomic E-state index is 14.0. The average molecular weight is 506 g/mol. The first-order valence-corrected chi connectivity index (χ1v) is 13.2. The SMILES string of the molecule is O=c1[nH]c(=O)n(C2CCCCC2)c([O-])c1C1c2ccccc2Oc2[nH]c(=O)n(C3CCCCC3)c(=O)c21. The molecule has 1 aliphatic heterocycles. The van der Waals surface area contributed by atoms with Gasteiger partial charge in [-0.15, -0.1) is 0 Å². The highest BCUT2D eigenvalue weighted by atomic mass is 16.5. The fourth-order valence-corrected chi connectivity index (χ4v) is 6.40. The van der Waals surface area contributed by atoms with Crippen molar-refractivity contribution in [1.29, 1.82) is 0 Å². The van der Waals surface area contributed by atoms with Crippen LogP contribution in [0.1, 0.15) is 98.9 Å². The number of benzene rings is 1. The van der Waals surface area contributed by atoms with E-state index in [1.165, 1.54) is 4.57 Å². The molecule has 2 saturated carbocycles. The van der Waals surface area contributed by atoms with Gasteiger partial charge in [0, 0.05) is 23.2 Å². The van der Waals surface area contributed by atoms with Gasteiger partial charge < -0.3 is 14.4 Å². The van der Waals surface area contributed by atoms with E-state index in [0.29, 0.717) is 37.0 Å². The number of para-hydroxylation sites is 1. The van der Waals surface area contributed by atoms with Crippen LogP contribution >= 0.6 is 0 Å². The third kappa shape index (κ3) is 3.86. The molecule has 0 saturated heterocycles. The molecule has 2 aromatic heterocycles. The molecule has 6 rings (SSSR count). The van der Waals surface area contributed by atoms with Crippen LogP contribution in [0.2, 0.25) is 0 Å². The third-order valence-corrected chi connectivity index (χ3v) is 8.17. The molecular weight excluding hydrogens is 476 g/mol. The fourth-order valence-electron chi connectivity index (χ4n) is 6.40. The molecule has 3 aromatic rings. The Labute approximate surface area is 211 Å². The summed E-state index contributed by atoms with van der Waals surface area (Å²) in [5.74, 6) is -1.52. The van der Waals surface area contributed by atoms with E-state index < -0.39 is 34.3 Å². The number of aromatic nitrogens is 4. The lowest BCUT2D eigenvalue weighted by atomic mass is 9.84. The summed E-state index contributed by atoms with van der Waals surface area (Å²) in [4.78, 5) is 58.2. The summed E-state index contributed by atoms with van der Waals surface area (Å²) in [6, 6.07) is 6.25. The number of hydrogen-bond donors (Lipinski definition) is 2. The predicted octanol–water partition coefficient (Wildman–Crippen LogP) is 2.76. The minimum absolute atomic E-state index is 0.0420. The molecule has 1 aromatic carbocycles. The number of H-pyrrole nitrogens is 2. The van der Waals surface area contributed by atoms with Crippen molar-refractivity contribution < 1.29 is 9.84 Å². The highest BCUT2D eigenvalue weighted by Crippen LogP contribution is 2.45. The second-order valence-corrected chi connectivity index (χ2v) is 10.4. The van der Waals surface area contributed by atoms with E-state index in [0.717, 1.165) is 43.1 Å². The van der Waals surface area contributed by atoms with Gasteiger partial charge >= 0.3 is 11.4 Å². The molecule has 2 N–H and O–H groups in total. The van der Waals surface area contributed by atoms with E-state index in [2.05, 4.69) is 9.97 Å². The van der Waals surface area contributed by atoms with Gasteiger partial charge in [0.2, 0.25) is 5.88 Å². The number of fused-ring (bicyclic) bond motifs is 2. The van der Waals surface area contributed by atoms with E-state index in [1.807, 2.05) is 0 Å². The molecule has 0 bridgehead atoms. The first-order chi connectivity index (χ1) is 18.0. The Kier molecular flexibility index (Phi) is 5.89. The van der Waals surface area contributed by atoms with Crippen molar-refractivity contribution in [2.45, 2.75) is 82.2 Å². The Morgan fingerprint density at radius 2 is 1.35 bits per heavy atom. The minimum atomic E-state index is -1.09. The number of rotatable bonds is 3. The zero-order chi connectivity index (χ0) is 25.7. The average Bonchev–Trinajstić information content (AvgIpc) is 2.89. The van der Waals surface area contributed by atoms with Crippen LogP contribution in [-0.2, 0) is 0 Å². The lowest BCUT2D eigenvalue weighted by molar-refractivity contribution is -0.282. The molecule has 10 nitrogen and oxygen atoms in total. The summed E-state index contributed by atoms with van der Waals surface area (Å²) in [5.41, 5.74) is -2.40. The Morgan fingerprint density at radius 3 is 2.03 bits per heavy atom. The molecule has 0 spiro atoms. The fraction of sp³-hybridized carbons (Fsp3) is 0.481. The molecule has 1 unspecified atom stereocenters. The molecule has 2 aliphatic carbocycles. The summed E-state index contributed by atoms with van der Waals surface area (Å²) < 4.78 is 8.30. The minimum Gasteiger partial charge on any atom is -0.860 e. The first-order valence-electron chi connectivity index (χ1n) is 13.2. The normalized spacial score (nSPS) is 20.2. The quantitative estimate of drug-likeness (QED) is 0.438. The first kappa shape index (κ1) is 23.6. The molecule has 1 atom stereocenters. The molecule has 3 aliphatic rings. The number of nitrogens with one attached hydrogen (secondary N) is 2. The maximum Gasteiger partial charge on any atom is 0.331 e. The van der Waals surface area contributed by atoms with Crippen molar-refractivity contribution in [3.8, 4) is 17.5 Å². The van der Waals surface area contributed by atoms with Crippen LogP contribution in [0.4, 0.5) is 0 Å². The highest BCUT2D eigenvalue weighted by Gasteiger charge is 2.37. The summed E-state index contributed by atoms with van der Waals surface area (Å²) in [5, 5.41) is 13.9. The van der Waals surface area contributed by atoms with E-state index in [1.54, 1.807) is 24.3 Å². The van der Waals surface area contributed by atoms with Gasteiger partial charge in [-0.3, -0.25) is 24.1 Å². The number of hydrogen-bond acceptors (Lipinski definition) is 6. The summed E-state index contributed by atoms with van der Waals surface area (Å²) in [7, 11) is 0. The van der Waals surface area contributed by atoms with Crippen molar-refractivity contribution in [3.63, 3.8) is 0 Å². The van der Waals surface area contributed by atoms with Crippen molar-refractivity contribution in [1.82, 2.24) is 19.1 Å². The van der Waals surface area contributed by atoms with Crippen LogP contribution < -0.4 is 32.3 Å². The molecule has 0 radical (unpaired) electrons. The predicted molar refractivity (Wildman–Crippen MR) is 134 cm³/mol. The van der Waals surface area contributed by atoms with Crippen LogP contribution in [0.25, 0.3) is 0 Å². The Hall–Kier alpha value is -3.82. The molecular formula is C27H29N4O6-. The Bertz CT molecular complexity index is 1580. The number of ether oxygens (including phenoxy) is 1. The smallest absolute Gasteiger partial charge is 0.331 e. The van der Waals surface area contributed by atoms with E-state index in [-0.39, 0.29) is 29.1 Å². The van der Waals surface area contributed by atoms with Gasteiger partial charge in [-0.2, -0.15) is 0 Å². The van der Waals surface area contributed by atoms with Crippen molar-refractivity contribution in [2.75, 3.05) is 0 Å². The van der Waals surface area contributed by atoms with Gasteiger partial charge in [0.1, 0.15) is 5.75 Å². The van der Waals surface area contributed by atoms with Gasteiger partial charge in [-0.05, 0) is 37.6 Å². The summed E-state index contributed by atoms with van der Waals surface area (Å²) >= 11 is 0. The summed E-state index contributed by atoms with van der Waals surface area (Å²) in [6.07, 6.45) is 8.42. The van der Waals surface area contributed by atoms with Crippen LogP contribution in [0, 0.1) is 0 Å². The lowest BCUT2D eigenvalue weighted by Gasteiger charge is -2.34. The molecule has 3 heterocycles. The maximum atomic E-state index is 14.0. The Morgan fingerprint density at radius 1 is 0.757 bits per heavy atom. The second kappa shape index (κ2) is 9.24. The summed E-state index contributed by atoms with van der Waals surface area (Å²) in [6.45, 7) is 0. The van der Waals surface area contributed by atoms with Gasteiger partial charge in [0.25, 0.3) is 11.1 Å². The largest absolute Gasteiger partial charge is 0.860 e. The molecule has 194 valence electrons. The van der Waals surface area contributed by atoms with Gasteiger partial charge in [0.05, 0.1) is 11.5 Å².